The van der Waals surface area contributed by atoms with E-state index in [1.54, 1.807) is 30.3 Å². The summed E-state index contributed by atoms with van der Waals surface area (Å²) in [5, 5.41) is 11.7. The monoisotopic (exact) mass is 268 g/mol. The van der Waals surface area contributed by atoms with Crippen molar-refractivity contribution in [3.63, 3.8) is 0 Å². The highest BCUT2D eigenvalue weighted by molar-refractivity contribution is 6.10. The average Bonchev–Trinajstić information content (AvgIpc) is 2.98. The van der Waals surface area contributed by atoms with Gasteiger partial charge in [-0.25, -0.2) is 0 Å². The number of carbonyl (C=O) groups is 1. The third-order valence-corrected chi connectivity index (χ3v) is 2.57. The molecule has 2 rings (SSSR count). The average molecular weight is 268 g/mol. The van der Waals surface area contributed by atoms with E-state index in [0.29, 0.717) is 17.0 Å². The van der Waals surface area contributed by atoms with E-state index in [9.17, 15) is 4.79 Å². The molecule has 1 N–H and O–H groups in total. The fourth-order valence-electron chi connectivity index (χ4n) is 1.61. The molecule has 0 saturated heterocycles. The first kappa shape index (κ1) is 13.4. The maximum absolute atomic E-state index is 12.1. The van der Waals surface area contributed by atoms with Crippen LogP contribution in [0.5, 0.6) is 5.75 Å². The molecule has 0 spiro atoms. The van der Waals surface area contributed by atoms with Crippen LogP contribution in [0.2, 0.25) is 0 Å². The molecule has 0 fully saturated rings. The Morgan fingerprint density at radius 3 is 2.85 bits per heavy atom. The number of para-hydroxylation sites is 2. The van der Waals surface area contributed by atoms with Gasteiger partial charge in [-0.1, -0.05) is 12.1 Å². The predicted octanol–water partition coefficient (Wildman–Crippen LogP) is 2.83. The van der Waals surface area contributed by atoms with Crippen molar-refractivity contribution in [2.24, 2.45) is 0 Å². The van der Waals surface area contributed by atoms with Crippen LogP contribution in [-0.2, 0) is 4.79 Å². The number of rotatable bonds is 4. The van der Waals surface area contributed by atoms with Crippen LogP contribution in [-0.4, -0.2) is 13.0 Å². The van der Waals surface area contributed by atoms with Gasteiger partial charge in [0.05, 0.1) is 25.3 Å². The minimum absolute atomic E-state index is 0.0164. The first-order valence-electron chi connectivity index (χ1n) is 5.83. The molecule has 100 valence electrons. The molecule has 2 aromatic rings. The Morgan fingerprint density at radius 2 is 2.20 bits per heavy atom. The number of anilines is 1. The maximum atomic E-state index is 12.1. The lowest BCUT2D eigenvalue weighted by Gasteiger charge is -2.08. The zero-order valence-electron chi connectivity index (χ0n) is 10.8. The summed E-state index contributed by atoms with van der Waals surface area (Å²) in [6.07, 6.45) is 4.38. The minimum Gasteiger partial charge on any atom is -0.495 e. The van der Waals surface area contributed by atoms with Crippen molar-refractivity contribution < 1.29 is 13.9 Å². The van der Waals surface area contributed by atoms with E-state index in [1.165, 1.54) is 25.7 Å². The molecule has 5 heteroatoms. The molecular weight excluding hydrogens is 256 g/mol. The van der Waals surface area contributed by atoms with Crippen LogP contribution in [0.4, 0.5) is 5.69 Å². The zero-order chi connectivity index (χ0) is 14.4. The van der Waals surface area contributed by atoms with Gasteiger partial charge in [0.15, 0.2) is 0 Å². The number of benzene rings is 1. The Hall–Kier alpha value is -3.00. The number of hydrogen-bond acceptors (Lipinski definition) is 4. The Bertz CT molecular complexity index is 667. The van der Waals surface area contributed by atoms with Crippen molar-refractivity contribution in [2.75, 3.05) is 12.4 Å². The first-order valence-corrected chi connectivity index (χ1v) is 5.83. The van der Waals surface area contributed by atoms with Crippen molar-refractivity contribution in [3.05, 3.63) is 54.0 Å². The normalized spacial score (nSPS) is 10.7. The van der Waals surface area contributed by atoms with Gasteiger partial charge in [0.25, 0.3) is 5.91 Å². The van der Waals surface area contributed by atoms with Crippen molar-refractivity contribution in [1.82, 2.24) is 0 Å². The van der Waals surface area contributed by atoms with Gasteiger partial charge in [-0.05, 0) is 24.3 Å². The predicted molar refractivity (Wildman–Crippen MR) is 73.9 cm³/mol. The molecule has 0 unspecified atom stereocenters. The number of furan rings is 1. The molecule has 0 aliphatic carbocycles. The van der Waals surface area contributed by atoms with Gasteiger partial charge < -0.3 is 14.5 Å². The van der Waals surface area contributed by atoms with Gasteiger partial charge >= 0.3 is 0 Å². The fourth-order valence-corrected chi connectivity index (χ4v) is 1.61. The summed E-state index contributed by atoms with van der Waals surface area (Å²) < 4.78 is 10.0. The number of carbonyl (C=O) groups excluding carboxylic acids is 1. The van der Waals surface area contributed by atoms with Gasteiger partial charge in [-0.3, -0.25) is 4.79 Å². The van der Waals surface area contributed by atoms with Crippen LogP contribution in [0, 0.1) is 11.3 Å². The number of hydrogen-bond donors (Lipinski definition) is 1. The highest BCUT2D eigenvalue weighted by atomic mass is 16.5. The third kappa shape index (κ3) is 3.06. The molecule has 0 aliphatic rings. The van der Waals surface area contributed by atoms with Gasteiger partial charge in [0.2, 0.25) is 0 Å². The third-order valence-electron chi connectivity index (χ3n) is 2.57. The van der Waals surface area contributed by atoms with Gasteiger partial charge in [0.1, 0.15) is 17.4 Å². The van der Waals surface area contributed by atoms with Crippen LogP contribution in [0.25, 0.3) is 6.08 Å². The van der Waals surface area contributed by atoms with Crippen LogP contribution >= 0.6 is 0 Å². The van der Waals surface area contributed by atoms with E-state index in [2.05, 4.69) is 5.32 Å². The molecule has 0 aliphatic heterocycles. The van der Waals surface area contributed by atoms with E-state index in [0.717, 1.165) is 0 Å². The summed E-state index contributed by atoms with van der Waals surface area (Å²) in [5.41, 5.74) is 1.14. The Morgan fingerprint density at radius 1 is 1.40 bits per heavy atom. The lowest BCUT2D eigenvalue weighted by molar-refractivity contribution is -0.112. The van der Waals surface area contributed by atoms with Crippen LogP contribution < -0.4 is 10.1 Å². The first-order chi connectivity index (χ1) is 9.74. The quantitative estimate of drug-likeness (QED) is 0.683. The highest BCUT2D eigenvalue weighted by Gasteiger charge is 2.12. The molecule has 20 heavy (non-hydrogen) atoms. The van der Waals surface area contributed by atoms with Gasteiger partial charge in [-0.2, -0.15) is 5.26 Å². The lowest BCUT2D eigenvalue weighted by atomic mass is 10.2. The maximum Gasteiger partial charge on any atom is 0.266 e. The smallest absolute Gasteiger partial charge is 0.266 e. The standard InChI is InChI=1S/C15H12N2O3/c1-19-14-5-3-2-4-13(14)17-15(18)12(9-16)8-11-6-7-20-10-11/h2-8,10H,1H3,(H,17,18). The summed E-state index contributed by atoms with van der Waals surface area (Å²) in [7, 11) is 1.51. The zero-order valence-corrected chi connectivity index (χ0v) is 10.8. The fraction of sp³-hybridized carbons (Fsp3) is 0.0667. The second-order valence-electron chi connectivity index (χ2n) is 3.88. The van der Waals surface area contributed by atoms with Crippen molar-refractivity contribution in [2.45, 2.75) is 0 Å². The number of nitrogens with one attached hydrogen (secondary N) is 1. The molecule has 0 radical (unpaired) electrons. The van der Waals surface area contributed by atoms with E-state index in [-0.39, 0.29) is 5.57 Å². The number of methoxy groups -OCH3 is 1. The van der Waals surface area contributed by atoms with Crippen LogP contribution in [0.3, 0.4) is 0 Å². The molecule has 1 aromatic heterocycles. The van der Waals surface area contributed by atoms with Crippen molar-refractivity contribution in [3.8, 4) is 11.8 Å². The van der Waals surface area contributed by atoms with E-state index < -0.39 is 5.91 Å². The van der Waals surface area contributed by atoms with Gasteiger partial charge in [0, 0.05) is 5.56 Å². The Kier molecular flexibility index (Phi) is 4.20. The highest BCUT2D eigenvalue weighted by Crippen LogP contribution is 2.23. The second-order valence-corrected chi connectivity index (χ2v) is 3.88. The number of nitriles is 1. The molecule has 1 amide bonds. The topological polar surface area (TPSA) is 75.3 Å². The molecule has 0 atom stereocenters. The summed E-state index contributed by atoms with van der Waals surface area (Å²) in [4.78, 5) is 12.1. The van der Waals surface area contributed by atoms with Crippen molar-refractivity contribution >= 4 is 17.7 Å². The summed E-state index contributed by atoms with van der Waals surface area (Å²) >= 11 is 0. The number of amides is 1. The second kappa shape index (κ2) is 6.25. The largest absolute Gasteiger partial charge is 0.495 e. The molecule has 1 aromatic carbocycles. The van der Waals surface area contributed by atoms with Crippen molar-refractivity contribution in [1.29, 1.82) is 5.26 Å². The molecular formula is C15H12N2O3. The summed E-state index contributed by atoms with van der Waals surface area (Å²) in [5.74, 6) is 0.0275. The van der Waals surface area contributed by atoms with Crippen LogP contribution in [0.1, 0.15) is 5.56 Å². The van der Waals surface area contributed by atoms with Gasteiger partial charge in [-0.15, -0.1) is 0 Å². The lowest BCUT2D eigenvalue weighted by Crippen LogP contribution is -2.14. The number of nitrogens with zero attached hydrogens (tertiary/aromatic N) is 1. The van der Waals surface area contributed by atoms with Crippen LogP contribution in [0.15, 0.2) is 52.8 Å². The van der Waals surface area contributed by atoms with E-state index in [1.807, 2.05) is 6.07 Å². The SMILES string of the molecule is COc1ccccc1NC(=O)C(C#N)=Cc1ccoc1. The Balaban J connectivity index is 2.21. The molecule has 0 bridgehead atoms. The summed E-state index contributed by atoms with van der Waals surface area (Å²) in [6, 6.07) is 10.5. The molecule has 1 heterocycles. The van der Waals surface area contributed by atoms with E-state index >= 15 is 0 Å². The minimum atomic E-state index is -0.502. The van der Waals surface area contributed by atoms with E-state index in [4.69, 9.17) is 14.4 Å². The molecule has 0 saturated carbocycles. The Labute approximate surface area is 116 Å². The number of ether oxygens (including phenoxy) is 1. The summed E-state index contributed by atoms with van der Waals surface area (Å²) in [6.45, 7) is 0. The molecule has 5 nitrogen and oxygen atoms in total.